The number of hydrogen-bond acceptors (Lipinski definition) is 7. The van der Waals surface area contributed by atoms with Gasteiger partial charge in [0.25, 0.3) is 0 Å². The van der Waals surface area contributed by atoms with E-state index in [1.807, 2.05) is 80.6 Å². The predicted molar refractivity (Wildman–Crippen MR) is 165 cm³/mol. The van der Waals surface area contributed by atoms with E-state index in [1.165, 1.54) is 4.70 Å². The lowest BCUT2D eigenvalue weighted by molar-refractivity contribution is 0.104. The first-order chi connectivity index (χ1) is 19.9. The molecule has 5 aromatic rings. The summed E-state index contributed by atoms with van der Waals surface area (Å²) in [5, 5.41) is 0.984. The Morgan fingerprint density at radius 1 is 0.829 bits per heavy atom. The average Bonchev–Trinajstić information content (AvgIpc) is 3.44. The summed E-state index contributed by atoms with van der Waals surface area (Å²) in [6.45, 7) is 4.62. The van der Waals surface area contributed by atoms with Crippen molar-refractivity contribution in [1.82, 2.24) is 4.98 Å². The van der Waals surface area contributed by atoms with E-state index < -0.39 is 0 Å². The third kappa shape index (κ3) is 6.58. The van der Waals surface area contributed by atoms with Crippen LogP contribution in [-0.2, 0) is 0 Å². The molecule has 0 aliphatic heterocycles. The molecule has 0 N–H and O–H groups in total. The fourth-order valence-electron chi connectivity index (χ4n) is 4.36. The topological polar surface area (TPSA) is 66.9 Å². The Kier molecular flexibility index (Phi) is 8.65. The summed E-state index contributed by atoms with van der Waals surface area (Å²) in [4.78, 5) is 17.5. The van der Waals surface area contributed by atoms with E-state index in [0.29, 0.717) is 36.0 Å². The van der Waals surface area contributed by atoms with E-state index in [1.54, 1.807) is 43.8 Å². The van der Waals surface area contributed by atoms with Crippen LogP contribution in [-0.4, -0.2) is 38.2 Å². The maximum Gasteiger partial charge on any atom is 0.185 e. The maximum atomic E-state index is 12.8. The summed E-state index contributed by atoms with van der Waals surface area (Å²) in [5.74, 6) is 2.53. The van der Waals surface area contributed by atoms with Gasteiger partial charge in [-0.05, 0) is 97.3 Å². The number of aryl methyl sites for hydroxylation is 1. The predicted octanol–water partition coefficient (Wildman–Crippen LogP) is 7.95. The molecule has 4 aromatic carbocycles. The van der Waals surface area contributed by atoms with Gasteiger partial charge in [0.1, 0.15) is 29.7 Å². The molecule has 1 aromatic heterocycles. The summed E-state index contributed by atoms with van der Waals surface area (Å²) in [6, 6.07) is 25.2. The Hall–Kier alpha value is -4.62. The Morgan fingerprint density at radius 3 is 2.34 bits per heavy atom. The van der Waals surface area contributed by atoms with Crippen molar-refractivity contribution < 1.29 is 23.7 Å². The molecule has 0 unspecified atom stereocenters. The molecular formula is C34H31NO5S. The van der Waals surface area contributed by atoms with Gasteiger partial charge in [-0.1, -0.05) is 24.3 Å². The number of carbonyl (C=O) groups is 1. The van der Waals surface area contributed by atoms with E-state index in [2.05, 4.69) is 6.07 Å². The van der Waals surface area contributed by atoms with Gasteiger partial charge in [-0.2, -0.15) is 0 Å². The lowest BCUT2D eigenvalue weighted by Gasteiger charge is -2.12. The van der Waals surface area contributed by atoms with E-state index >= 15 is 0 Å². The molecule has 0 amide bonds. The highest BCUT2D eigenvalue weighted by Crippen LogP contribution is 2.31. The van der Waals surface area contributed by atoms with Crippen molar-refractivity contribution in [3.8, 4) is 33.6 Å². The van der Waals surface area contributed by atoms with Crippen LogP contribution in [0.3, 0.4) is 0 Å². The van der Waals surface area contributed by atoms with Crippen LogP contribution in [0.1, 0.15) is 27.0 Å². The van der Waals surface area contributed by atoms with E-state index in [4.69, 9.17) is 23.9 Å². The fourth-order valence-corrected chi connectivity index (χ4v) is 5.33. The lowest BCUT2D eigenvalue weighted by Crippen LogP contribution is -2.09. The van der Waals surface area contributed by atoms with Crippen LogP contribution in [0, 0.1) is 13.8 Å². The summed E-state index contributed by atoms with van der Waals surface area (Å²) < 4.78 is 23.9. The normalized spacial score (nSPS) is 11.1. The van der Waals surface area contributed by atoms with Crippen LogP contribution in [0.25, 0.3) is 26.9 Å². The number of methoxy groups -OCH3 is 2. The number of carbonyl (C=O) groups excluding carboxylic acids is 1. The van der Waals surface area contributed by atoms with Gasteiger partial charge in [-0.15, -0.1) is 11.3 Å². The second-order valence-electron chi connectivity index (χ2n) is 9.44. The van der Waals surface area contributed by atoms with Crippen molar-refractivity contribution in [1.29, 1.82) is 0 Å². The second-order valence-corrected chi connectivity index (χ2v) is 10.5. The van der Waals surface area contributed by atoms with E-state index in [-0.39, 0.29) is 5.78 Å². The van der Waals surface area contributed by atoms with Crippen LogP contribution in [0.15, 0.2) is 84.9 Å². The number of fused-ring (bicyclic) bond motifs is 1. The first kappa shape index (κ1) is 27.9. The first-order valence-electron chi connectivity index (χ1n) is 13.2. The van der Waals surface area contributed by atoms with Gasteiger partial charge in [0.05, 0.1) is 24.4 Å². The minimum atomic E-state index is -0.104. The molecule has 1 heterocycles. The highest BCUT2D eigenvalue weighted by atomic mass is 32.1. The summed E-state index contributed by atoms with van der Waals surface area (Å²) in [7, 11) is 3.20. The van der Waals surface area contributed by atoms with Crippen LogP contribution in [0.4, 0.5) is 0 Å². The number of allylic oxidation sites excluding steroid dienone is 1. The van der Waals surface area contributed by atoms with Gasteiger partial charge in [0.15, 0.2) is 17.3 Å². The number of benzene rings is 4. The van der Waals surface area contributed by atoms with Crippen LogP contribution < -0.4 is 18.9 Å². The zero-order chi connectivity index (χ0) is 28.8. The summed E-state index contributed by atoms with van der Waals surface area (Å²) in [6.07, 6.45) is 3.32. The van der Waals surface area contributed by atoms with Gasteiger partial charge in [0, 0.05) is 11.1 Å². The SMILES string of the molecule is COc1ccc(/C=C/C(=O)c2cc(C)c(C)c(OC)c2)cc1OCCOc1ccc(-c2nc3ccccc3s2)cc1. The average molecular weight is 566 g/mol. The van der Waals surface area contributed by atoms with Gasteiger partial charge in [-0.25, -0.2) is 4.98 Å². The van der Waals surface area contributed by atoms with Gasteiger partial charge in [0.2, 0.25) is 0 Å². The number of rotatable bonds is 11. The molecule has 0 fully saturated rings. The molecule has 208 valence electrons. The third-order valence-electron chi connectivity index (χ3n) is 6.74. The van der Waals surface area contributed by atoms with Crippen molar-refractivity contribution in [2.24, 2.45) is 0 Å². The molecule has 0 spiro atoms. The molecular weight excluding hydrogens is 534 g/mol. The minimum absolute atomic E-state index is 0.104. The number of nitrogens with zero attached hydrogens (tertiary/aromatic N) is 1. The van der Waals surface area contributed by atoms with Crippen LogP contribution in [0.2, 0.25) is 0 Å². The molecule has 0 bridgehead atoms. The zero-order valence-electron chi connectivity index (χ0n) is 23.5. The highest BCUT2D eigenvalue weighted by molar-refractivity contribution is 7.21. The number of para-hydroxylation sites is 1. The minimum Gasteiger partial charge on any atom is -0.496 e. The van der Waals surface area contributed by atoms with Crippen molar-refractivity contribution in [2.75, 3.05) is 27.4 Å². The molecule has 0 atom stereocenters. The Labute approximate surface area is 243 Å². The van der Waals surface area contributed by atoms with Crippen molar-refractivity contribution in [3.05, 3.63) is 107 Å². The summed E-state index contributed by atoms with van der Waals surface area (Å²) >= 11 is 1.67. The number of ether oxygens (including phenoxy) is 4. The number of ketones is 1. The Morgan fingerprint density at radius 2 is 1.59 bits per heavy atom. The Bertz CT molecular complexity index is 1670. The largest absolute Gasteiger partial charge is 0.496 e. The quantitative estimate of drug-likeness (QED) is 0.0920. The summed E-state index contributed by atoms with van der Waals surface area (Å²) in [5.41, 5.74) is 5.49. The van der Waals surface area contributed by atoms with E-state index in [9.17, 15) is 4.79 Å². The molecule has 5 rings (SSSR count). The van der Waals surface area contributed by atoms with Crippen molar-refractivity contribution in [3.63, 3.8) is 0 Å². The van der Waals surface area contributed by atoms with Crippen LogP contribution in [0.5, 0.6) is 23.0 Å². The van der Waals surface area contributed by atoms with Crippen molar-refractivity contribution >= 4 is 33.4 Å². The molecule has 7 heteroatoms. The molecule has 41 heavy (non-hydrogen) atoms. The maximum absolute atomic E-state index is 12.8. The van der Waals surface area contributed by atoms with Gasteiger partial charge < -0.3 is 18.9 Å². The standard InChI is InChI=1S/C34H31NO5S/c1-22-19-26(21-31(38-4)23(22)2)29(36)15-9-24-10-16-30(37-3)32(20-24)40-18-17-39-27-13-11-25(12-14-27)34-35-28-7-5-6-8-33(28)41-34/h5-16,19-21H,17-18H2,1-4H3/b15-9+. The second kappa shape index (κ2) is 12.7. The number of thiazole rings is 1. The monoisotopic (exact) mass is 565 g/mol. The molecule has 0 aliphatic rings. The number of hydrogen-bond donors (Lipinski definition) is 0. The van der Waals surface area contributed by atoms with Gasteiger partial charge in [-0.3, -0.25) is 4.79 Å². The smallest absolute Gasteiger partial charge is 0.185 e. The lowest BCUT2D eigenvalue weighted by atomic mass is 10.0. The third-order valence-corrected chi connectivity index (χ3v) is 7.83. The van der Waals surface area contributed by atoms with Crippen LogP contribution >= 0.6 is 11.3 Å². The number of aromatic nitrogens is 1. The molecule has 0 saturated heterocycles. The molecule has 0 saturated carbocycles. The zero-order valence-corrected chi connectivity index (χ0v) is 24.3. The molecule has 0 aliphatic carbocycles. The highest BCUT2D eigenvalue weighted by Gasteiger charge is 2.11. The van der Waals surface area contributed by atoms with Gasteiger partial charge >= 0.3 is 0 Å². The van der Waals surface area contributed by atoms with Crippen molar-refractivity contribution in [2.45, 2.75) is 13.8 Å². The first-order valence-corrected chi connectivity index (χ1v) is 14.0. The molecule has 6 nitrogen and oxygen atoms in total. The Balaban J connectivity index is 1.18. The van der Waals surface area contributed by atoms with E-state index in [0.717, 1.165) is 38.5 Å². The fraction of sp³-hybridized carbons (Fsp3) is 0.176. The molecule has 0 radical (unpaired) electrons.